The molecule has 1 unspecified atom stereocenters. The van der Waals surface area contributed by atoms with E-state index in [0.29, 0.717) is 6.42 Å². The van der Waals surface area contributed by atoms with Gasteiger partial charge in [0.25, 0.3) is 0 Å². The first-order valence-corrected chi connectivity index (χ1v) is 9.50. The van der Waals surface area contributed by atoms with Crippen LogP contribution in [0.3, 0.4) is 0 Å². The molecule has 1 aliphatic heterocycles. The molecular weight excluding hydrogens is 338 g/mol. The molecule has 1 heterocycles. The molecule has 0 fully saturated rings. The van der Waals surface area contributed by atoms with Crippen LogP contribution in [0.25, 0.3) is 0 Å². The number of aliphatic imine (C=N–C) groups is 1. The minimum absolute atomic E-state index is 0.284. The van der Waals surface area contributed by atoms with Crippen molar-refractivity contribution < 1.29 is 0 Å². The van der Waals surface area contributed by atoms with E-state index in [-0.39, 0.29) is 5.92 Å². The van der Waals surface area contributed by atoms with E-state index in [4.69, 9.17) is 4.99 Å². The summed E-state index contributed by atoms with van der Waals surface area (Å²) < 4.78 is 0. The van der Waals surface area contributed by atoms with E-state index in [1.807, 2.05) is 51.2 Å². The van der Waals surface area contributed by atoms with Gasteiger partial charge in [0.05, 0.1) is 5.71 Å². The monoisotopic (exact) mass is 371 g/mol. The second-order valence-corrected chi connectivity index (χ2v) is 7.27. The van der Waals surface area contributed by atoms with Gasteiger partial charge >= 0.3 is 0 Å². The van der Waals surface area contributed by atoms with Gasteiger partial charge in [-0.1, -0.05) is 87.4 Å². The maximum absolute atomic E-state index is 4.84. The summed E-state index contributed by atoms with van der Waals surface area (Å²) in [5.74, 6) is 0.284. The molecule has 1 rings (SSSR count). The molecule has 0 radical (unpaired) electrons. The molecule has 0 amide bonds. The zero-order valence-electron chi connectivity index (χ0n) is 17.9. The highest BCUT2D eigenvalue weighted by Gasteiger charge is 2.09. The first-order valence-electron chi connectivity index (χ1n) is 9.50. The van der Waals surface area contributed by atoms with Crippen LogP contribution in [-0.4, -0.2) is 5.71 Å². The standard InChI is InChI=1S/C27H33N/c1-10-12-13-27-23(9)14-21(7)15-26(28-27)18-24(11-2)17-25(20(5)6)16-22(8)19(3)4/h10-17,22H,1-3,5,7,18H2,4,6,8-9H3/b13-12-,24-17+,25-16-. The summed E-state index contributed by atoms with van der Waals surface area (Å²) in [4.78, 5) is 4.84. The van der Waals surface area contributed by atoms with Gasteiger partial charge in [-0.15, -0.1) is 0 Å². The Balaban J connectivity index is 3.29. The van der Waals surface area contributed by atoms with Crippen LogP contribution in [0.4, 0.5) is 0 Å². The lowest BCUT2D eigenvalue weighted by Gasteiger charge is -2.11. The summed E-state index contributed by atoms with van der Waals surface area (Å²) >= 11 is 0. The lowest BCUT2D eigenvalue weighted by Crippen LogP contribution is -1.97. The molecule has 0 aliphatic carbocycles. The molecule has 1 aliphatic rings. The quantitative estimate of drug-likeness (QED) is 0.290. The maximum atomic E-state index is 4.84. The number of allylic oxidation sites excluding steroid dienone is 14. The second-order valence-electron chi connectivity index (χ2n) is 7.27. The van der Waals surface area contributed by atoms with Crippen LogP contribution in [0.2, 0.25) is 0 Å². The second kappa shape index (κ2) is 11.0. The van der Waals surface area contributed by atoms with Crippen molar-refractivity contribution in [2.24, 2.45) is 10.9 Å². The first kappa shape index (κ1) is 23.1. The molecule has 1 nitrogen and oxygen atoms in total. The zero-order valence-corrected chi connectivity index (χ0v) is 17.9. The Morgan fingerprint density at radius 2 is 1.86 bits per heavy atom. The molecule has 0 N–H and O–H groups in total. The molecule has 0 spiro atoms. The molecule has 0 aromatic rings. The van der Waals surface area contributed by atoms with Gasteiger partial charge in [0, 0.05) is 12.1 Å². The average molecular weight is 372 g/mol. The fraction of sp³-hybridized carbons (Fsp3) is 0.222. The van der Waals surface area contributed by atoms with Gasteiger partial charge in [-0.25, -0.2) is 0 Å². The van der Waals surface area contributed by atoms with Gasteiger partial charge < -0.3 is 0 Å². The van der Waals surface area contributed by atoms with E-state index in [0.717, 1.165) is 44.8 Å². The third-order valence-electron chi connectivity index (χ3n) is 4.50. The van der Waals surface area contributed by atoms with Crippen molar-refractivity contribution in [2.45, 2.75) is 34.1 Å². The first-order chi connectivity index (χ1) is 13.2. The summed E-state index contributed by atoms with van der Waals surface area (Å²) in [6, 6.07) is 0. The van der Waals surface area contributed by atoms with E-state index >= 15 is 0 Å². The lowest BCUT2D eigenvalue weighted by molar-refractivity contribution is 0.861. The number of hydrogen-bond acceptors (Lipinski definition) is 1. The number of rotatable bonds is 9. The van der Waals surface area contributed by atoms with Crippen LogP contribution >= 0.6 is 0 Å². The fourth-order valence-electron chi connectivity index (χ4n) is 2.62. The highest BCUT2D eigenvalue weighted by atomic mass is 14.8. The zero-order chi connectivity index (χ0) is 21.3. The van der Waals surface area contributed by atoms with Crippen molar-refractivity contribution in [2.75, 3.05) is 0 Å². The Hall–Kier alpha value is -2.93. The Labute approximate surface area is 171 Å². The molecule has 28 heavy (non-hydrogen) atoms. The van der Waals surface area contributed by atoms with Crippen LogP contribution in [0.5, 0.6) is 0 Å². The van der Waals surface area contributed by atoms with Crippen molar-refractivity contribution in [1.82, 2.24) is 0 Å². The molecule has 0 saturated carbocycles. The fourth-order valence-corrected chi connectivity index (χ4v) is 2.62. The SMILES string of the molecule is C=C/C=C\C1=NC(C/C(C=C)=C/C(=C/C(C)C(=C)C)C(=C)C)=CC(=C)C=C1C. The topological polar surface area (TPSA) is 12.4 Å². The molecule has 0 aromatic carbocycles. The van der Waals surface area contributed by atoms with E-state index in [1.54, 1.807) is 6.08 Å². The Kier molecular flexibility index (Phi) is 9.11. The van der Waals surface area contributed by atoms with Gasteiger partial charge in [-0.05, 0) is 61.1 Å². The molecule has 1 atom stereocenters. The van der Waals surface area contributed by atoms with Gasteiger partial charge in [-0.2, -0.15) is 0 Å². The largest absolute Gasteiger partial charge is 0.253 e. The Morgan fingerprint density at radius 3 is 2.39 bits per heavy atom. The molecular formula is C27H33N. The van der Waals surface area contributed by atoms with E-state index in [2.05, 4.69) is 52.0 Å². The third-order valence-corrected chi connectivity index (χ3v) is 4.50. The minimum Gasteiger partial charge on any atom is -0.253 e. The van der Waals surface area contributed by atoms with E-state index in [9.17, 15) is 0 Å². The summed E-state index contributed by atoms with van der Waals surface area (Å²) in [7, 11) is 0. The summed E-state index contributed by atoms with van der Waals surface area (Å²) in [6.07, 6.45) is 16.6. The average Bonchev–Trinajstić information content (AvgIpc) is 2.75. The molecule has 0 bridgehead atoms. The lowest BCUT2D eigenvalue weighted by atomic mass is 9.95. The molecule has 146 valence electrons. The highest BCUT2D eigenvalue weighted by molar-refractivity contribution is 6.09. The summed E-state index contributed by atoms with van der Waals surface area (Å²) in [6.45, 7) is 28.3. The predicted octanol–water partition coefficient (Wildman–Crippen LogP) is 7.79. The van der Waals surface area contributed by atoms with Gasteiger partial charge in [0.2, 0.25) is 0 Å². The van der Waals surface area contributed by atoms with Gasteiger partial charge in [0.15, 0.2) is 0 Å². The van der Waals surface area contributed by atoms with E-state index < -0.39 is 0 Å². The third kappa shape index (κ3) is 7.36. The number of hydrogen-bond donors (Lipinski definition) is 0. The predicted molar refractivity (Wildman–Crippen MR) is 128 cm³/mol. The molecule has 0 aromatic heterocycles. The molecule has 1 heteroatoms. The normalized spacial score (nSPS) is 16.7. The Morgan fingerprint density at radius 1 is 1.18 bits per heavy atom. The van der Waals surface area contributed by atoms with Crippen molar-refractivity contribution in [3.05, 3.63) is 121 Å². The van der Waals surface area contributed by atoms with Crippen LogP contribution in [0, 0.1) is 5.92 Å². The minimum atomic E-state index is 0.284. The van der Waals surface area contributed by atoms with Gasteiger partial charge in [-0.3, -0.25) is 4.99 Å². The van der Waals surface area contributed by atoms with Crippen molar-refractivity contribution in [3.8, 4) is 0 Å². The van der Waals surface area contributed by atoms with Gasteiger partial charge in [0.1, 0.15) is 0 Å². The maximum Gasteiger partial charge on any atom is 0.0662 e. The van der Waals surface area contributed by atoms with Crippen molar-refractivity contribution >= 4 is 5.71 Å². The Bertz CT molecular complexity index is 860. The van der Waals surface area contributed by atoms with E-state index in [1.165, 1.54) is 0 Å². The summed E-state index contributed by atoms with van der Waals surface area (Å²) in [5.41, 5.74) is 8.20. The van der Waals surface area contributed by atoms with Crippen LogP contribution in [-0.2, 0) is 0 Å². The van der Waals surface area contributed by atoms with Crippen molar-refractivity contribution in [3.63, 3.8) is 0 Å². The highest BCUT2D eigenvalue weighted by Crippen LogP contribution is 2.24. The van der Waals surface area contributed by atoms with Crippen LogP contribution in [0.1, 0.15) is 34.1 Å². The van der Waals surface area contributed by atoms with Crippen molar-refractivity contribution in [1.29, 1.82) is 0 Å². The van der Waals surface area contributed by atoms with Crippen LogP contribution < -0.4 is 0 Å². The molecule has 0 saturated heterocycles. The number of nitrogens with zero attached hydrogens (tertiary/aromatic N) is 1. The van der Waals surface area contributed by atoms with Crippen LogP contribution in [0.15, 0.2) is 126 Å². The summed E-state index contributed by atoms with van der Waals surface area (Å²) in [5, 5.41) is 0. The smallest absolute Gasteiger partial charge is 0.0662 e.